The van der Waals surface area contributed by atoms with E-state index in [1.807, 2.05) is 0 Å². The van der Waals surface area contributed by atoms with E-state index in [2.05, 4.69) is 62.9 Å². The Labute approximate surface area is 109 Å². The number of aromatic nitrogens is 1. The van der Waals surface area contributed by atoms with Crippen LogP contribution >= 0.6 is 0 Å². The van der Waals surface area contributed by atoms with Crippen LogP contribution in [0.25, 0.3) is 0 Å². The number of rotatable bonds is 3. The Morgan fingerprint density at radius 2 is 1.56 bits per heavy atom. The first-order chi connectivity index (χ1) is 8.09. The quantitative estimate of drug-likeness (QED) is 0.654. The summed E-state index contributed by atoms with van der Waals surface area (Å²) < 4.78 is 33.9. The van der Waals surface area contributed by atoms with E-state index >= 15 is 0 Å². The molecular formula is C12H22NO4S+. The lowest BCUT2D eigenvalue weighted by Gasteiger charge is -2.25. The van der Waals surface area contributed by atoms with Crippen LogP contribution in [0.1, 0.15) is 34.1 Å². The van der Waals surface area contributed by atoms with Gasteiger partial charge in [0.2, 0.25) is 0 Å². The second-order valence-corrected chi connectivity index (χ2v) is 5.59. The van der Waals surface area contributed by atoms with E-state index in [0.29, 0.717) is 5.92 Å². The minimum Gasteiger partial charge on any atom is -0.264 e. The van der Waals surface area contributed by atoms with Crippen molar-refractivity contribution in [2.24, 2.45) is 5.92 Å². The molecule has 1 aromatic heterocycles. The van der Waals surface area contributed by atoms with Crippen molar-refractivity contribution in [3.8, 4) is 0 Å². The molecule has 0 radical (unpaired) electrons. The molecule has 0 amide bonds. The third-order valence-electron chi connectivity index (χ3n) is 3.20. The van der Waals surface area contributed by atoms with Gasteiger partial charge in [0.1, 0.15) is 0 Å². The summed E-state index contributed by atoms with van der Waals surface area (Å²) in [7, 11) is -4.67. The Bertz CT molecular complexity index is 434. The molecule has 0 aromatic carbocycles. The molecule has 18 heavy (non-hydrogen) atoms. The van der Waals surface area contributed by atoms with E-state index in [9.17, 15) is 0 Å². The summed E-state index contributed by atoms with van der Waals surface area (Å²) in [6.07, 6.45) is 5.51. The van der Waals surface area contributed by atoms with E-state index in [1.54, 1.807) is 0 Å². The highest BCUT2D eigenvalue weighted by Gasteiger charge is 2.33. The van der Waals surface area contributed by atoms with Crippen molar-refractivity contribution >= 4 is 10.4 Å². The monoisotopic (exact) mass is 276 g/mol. The fraction of sp³-hybridized carbons (Fsp3) is 0.583. The van der Waals surface area contributed by atoms with Gasteiger partial charge in [-0.3, -0.25) is 9.11 Å². The molecule has 1 unspecified atom stereocenters. The minimum atomic E-state index is -4.67. The van der Waals surface area contributed by atoms with Crippen LogP contribution in [0.15, 0.2) is 30.6 Å². The van der Waals surface area contributed by atoms with E-state index in [0.717, 1.165) is 0 Å². The molecule has 1 heterocycles. The maximum absolute atomic E-state index is 8.74. The largest absolute Gasteiger partial charge is 0.394 e. The first-order valence-corrected chi connectivity index (χ1v) is 7.15. The second kappa shape index (κ2) is 6.82. The maximum atomic E-state index is 8.74. The zero-order chi connectivity index (χ0) is 14.4. The SMILES string of the molecule is CCC(C)C(C)(C)[n+]1ccccc1.O=S(=O)(O)O. The molecule has 0 saturated heterocycles. The predicted octanol–water partition coefficient (Wildman–Crippen LogP) is 2.10. The summed E-state index contributed by atoms with van der Waals surface area (Å²) in [6, 6.07) is 6.23. The first kappa shape index (κ1) is 17.0. The van der Waals surface area contributed by atoms with Crippen molar-refractivity contribution in [1.29, 1.82) is 0 Å². The van der Waals surface area contributed by atoms with Crippen molar-refractivity contribution in [3.63, 3.8) is 0 Å². The van der Waals surface area contributed by atoms with Gasteiger partial charge >= 0.3 is 10.4 Å². The fourth-order valence-electron chi connectivity index (χ4n) is 1.54. The summed E-state index contributed by atoms with van der Waals surface area (Å²) in [5.74, 6) is 0.694. The fourth-order valence-corrected chi connectivity index (χ4v) is 1.54. The molecule has 0 bridgehead atoms. The Balaban J connectivity index is 0.000000494. The van der Waals surface area contributed by atoms with Gasteiger partial charge < -0.3 is 0 Å². The summed E-state index contributed by atoms with van der Waals surface area (Å²) >= 11 is 0. The van der Waals surface area contributed by atoms with Gasteiger partial charge in [0.15, 0.2) is 17.9 Å². The van der Waals surface area contributed by atoms with Gasteiger partial charge in [-0.15, -0.1) is 0 Å². The molecule has 0 aliphatic heterocycles. The average molecular weight is 276 g/mol. The molecule has 6 heteroatoms. The highest BCUT2D eigenvalue weighted by molar-refractivity contribution is 7.79. The van der Waals surface area contributed by atoms with Crippen molar-refractivity contribution in [2.45, 2.75) is 39.7 Å². The van der Waals surface area contributed by atoms with Gasteiger partial charge in [0, 0.05) is 31.9 Å². The molecule has 1 atom stereocenters. The Hall–Kier alpha value is -0.980. The van der Waals surface area contributed by atoms with Gasteiger partial charge in [-0.25, -0.2) is 4.57 Å². The van der Waals surface area contributed by atoms with Crippen molar-refractivity contribution in [1.82, 2.24) is 0 Å². The second-order valence-electron chi connectivity index (χ2n) is 4.69. The minimum absolute atomic E-state index is 0.218. The van der Waals surface area contributed by atoms with Gasteiger partial charge in [0.05, 0.1) is 0 Å². The van der Waals surface area contributed by atoms with Gasteiger partial charge in [-0.1, -0.05) is 19.9 Å². The summed E-state index contributed by atoms with van der Waals surface area (Å²) in [5.41, 5.74) is 0.218. The normalized spacial score (nSPS) is 13.4. The lowest BCUT2D eigenvalue weighted by molar-refractivity contribution is -0.765. The van der Waals surface area contributed by atoms with Gasteiger partial charge in [-0.05, 0) is 6.42 Å². The lowest BCUT2D eigenvalue weighted by atomic mass is 9.86. The predicted molar refractivity (Wildman–Crippen MR) is 69.6 cm³/mol. The Kier molecular flexibility index (Phi) is 6.45. The summed E-state index contributed by atoms with van der Waals surface area (Å²) in [4.78, 5) is 0. The van der Waals surface area contributed by atoms with Gasteiger partial charge in [0.25, 0.3) is 0 Å². The van der Waals surface area contributed by atoms with Crippen LogP contribution in [0.2, 0.25) is 0 Å². The molecule has 1 rings (SSSR count). The third kappa shape index (κ3) is 6.68. The molecule has 0 fully saturated rings. The number of pyridine rings is 1. The highest BCUT2D eigenvalue weighted by atomic mass is 32.3. The number of hydrogen-bond acceptors (Lipinski definition) is 2. The van der Waals surface area contributed by atoms with E-state index in [-0.39, 0.29) is 5.54 Å². The number of hydrogen-bond donors (Lipinski definition) is 2. The molecule has 0 aliphatic rings. The van der Waals surface area contributed by atoms with Crippen LogP contribution in [-0.4, -0.2) is 17.5 Å². The Morgan fingerprint density at radius 3 is 1.89 bits per heavy atom. The standard InChI is InChI=1S/C12H20N.H2O4S/c1-5-11(2)12(3,4)13-9-7-6-8-10-13;1-5(2,3)4/h6-11H,5H2,1-4H3;(H2,1,2,3,4)/q+1;. The Morgan fingerprint density at radius 1 is 1.17 bits per heavy atom. The smallest absolute Gasteiger partial charge is 0.264 e. The molecule has 2 N–H and O–H groups in total. The van der Waals surface area contributed by atoms with E-state index in [4.69, 9.17) is 17.5 Å². The van der Waals surface area contributed by atoms with Crippen molar-refractivity contribution in [3.05, 3.63) is 30.6 Å². The van der Waals surface area contributed by atoms with Gasteiger partial charge in [-0.2, -0.15) is 8.42 Å². The molecule has 5 nitrogen and oxygen atoms in total. The molecule has 0 saturated carbocycles. The average Bonchev–Trinajstić information content (AvgIpc) is 2.27. The summed E-state index contributed by atoms with van der Waals surface area (Å²) in [5, 5.41) is 0. The zero-order valence-corrected chi connectivity index (χ0v) is 12.1. The molecule has 1 aromatic rings. The maximum Gasteiger partial charge on any atom is 0.394 e. The lowest BCUT2D eigenvalue weighted by Crippen LogP contribution is -2.55. The van der Waals surface area contributed by atoms with Crippen LogP contribution in [0.4, 0.5) is 0 Å². The van der Waals surface area contributed by atoms with E-state index < -0.39 is 10.4 Å². The van der Waals surface area contributed by atoms with Crippen LogP contribution < -0.4 is 4.57 Å². The van der Waals surface area contributed by atoms with Crippen molar-refractivity contribution < 1.29 is 22.1 Å². The topological polar surface area (TPSA) is 78.5 Å². The molecule has 0 aliphatic carbocycles. The van der Waals surface area contributed by atoms with E-state index in [1.165, 1.54) is 6.42 Å². The third-order valence-corrected chi connectivity index (χ3v) is 3.20. The van der Waals surface area contributed by atoms with Crippen LogP contribution in [0.3, 0.4) is 0 Å². The number of nitrogens with zero attached hydrogens (tertiary/aromatic N) is 1. The first-order valence-electron chi connectivity index (χ1n) is 5.75. The van der Waals surface area contributed by atoms with Crippen molar-refractivity contribution in [2.75, 3.05) is 0 Å². The molecule has 0 spiro atoms. The van der Waals surface area contributed by atoms with Crippen LogP contribution in [0.5, 0.6) is 0 Å². The highest BCUT2D eigenvalue weighted by Crippen LogP contribution is 2.21. The summed E-state index contributed by atoms with van der Waals surface area (Å²) in [6.45, 7) is 9.14. The van der Waals surface area contributed by atoms with Crippen LogP contribution in [0, 0.1) is 5.92 Å². The molecule has 104 valence electrons. The molecular weight excluding hydrogens is 254 g/mol. The van der Waals surface area contributed by atoms with Crippen LogP contribution in [-0.2, 0) is 15.9 Å². The zero-order valence-electron chi connectivity index (χ0n) is 11.2.